The topological polar surface area (TPSA) is 151 Å². The first-order chi connectivity index (χ1) is 23.5. The van der Waals surface area contributed by atoms with E-state index in [4.69, 9.17) is 24.4 Å². The summed E-state index contributed by atoms with van der Waals surface area (Å²) < 4.78 is 44.1. The lowest BCUT2D eigenvalue weighted by molar-refractivity contribution is 0.104. The number of sulfonamides is 1. The summed E-state index contributed by atoms with van der Waals surface area (Å²) in [6.07, 6.45) is -1.93. The standard InChI is InChI=1S/C34H36N6O8S/c1-33-17-19-37(30(41)46-2)28(33)40(49(4,44)45)27-24(33)14-10-15-25(27)35-36-34-18-20-38(31(42)47-3)29(34)39(26-16-9-8-13-23(26)34)32(43)48-21-22-11-6-5-7-12-22/h5-16,28-29H,17-21H2,1-4H3/t28?,29?,33-,34+/m1/s1. The van der Waals surface area contributed by atoms with Gasteiger partial charge in [0.2, 0.25) is 10.0 Å². The molecule has 0 radical (unpaired) electrons. The molecule has 3 aromatic carbocycles. The molecule has 256 valence electrons. The molecule has 0 N–H and O–H groups in total. The molecule has 49 heavy (non-hydrogen) atoms. The third-order valence-electron chi connectivity index (χ3n) is 10.1. The molecule has 4 atom stereocenters. The van der Waals surface area contributed by atoms with Crippen LogP contribution in [0.5, 0.6) is 0 Å². The number of likely N-dealkylation sites (tertiary alicyclic amines) is 2. The molecule has 0 aliphatic carbocycles. The van der Waals surface area contributed by atoms with E-state index in [1.54, 1.807) is 24.3 Å². The number of rotatable bonds is 5. The summed E-state index contributed by atoms with van der Waals surface area (Å²) in [4.78, 5) is 44.2. The number of para-hydroxylation sites is 2. The van der Waals surface area contributed by atoms with E-state index in [1.807, 2.05) is 55.5 Å². The van der Waals surface area contributed by atoms with Crippen molar-refractivity contribution < 1.29 is 37.0 Å². The molecule has 0 aromatic heterocycles. The number of anilines is 2. The van der Waals surface area contributed by atoms with Crippen LogP contribution in [0.15, 0.2) is 83.0 Å². The largest absolute Gasteiger partial charge is 0.453 e. The lowest BCUT2D eigenvalue weighted by atomic mass is 9.81. The van der Waals surface area contributed by atoms with Crippen LogP contribution in [0.4, 0.5) is 31.4 Å². The lowest BCUT2D eigenvalue weighted by Gasteiger charge is -2.34. The minimum absolute atomic E-state index is 0.0117. The van der Waals surface area contributed by atoms with Gasteiger partial charge < -0.3 is 14.2 Å². The Morgan fingerprint density at radius 2 is 1.45 bits per heavy atom. The van der Waals surface area contributed by atoms with Crippen LogP contribution in [-0.4, -0.2) is 82.4 Å². The van der Waals surface area contributed by atoms with E-state index in [0.717, 1.165) is 11.8 Å². The monoisotopic (exact) mass is 688 g/mol. The number of fused-ring (bicyclic) bond motifs is 6. The second kappa shape index (κ2) is 11.8. The summed E-state index contributed by atoms with van der Waals surface area (Å²) in [6.45, 7) is 2.45. The van der Waals surface area contributed by atoms with Crippen molar-refractivity contribution >= 4 is 45.4 Å². The highest BCUT2D eigenvalue weighted by molar-refractivity contribution is 7.92. The first kappa shape index (κ1) is 32.4. The Morgan fingerprint density at radius 3 is 2.14 bits per heavy atom. The van der Waals surface area contributed by atoms with Gasteiger partial charge in [-0.1, -0.05) is 67.6 Å². The third-order valence-corrected chi connectivity index (χ3v) is 11.2. The van der Waals surface area contributed by atoms with Gasteiger partial charge in [-0.2, -0.15) is 10.2 Å². The van der Waals surface area contributed by atoms with E-state index in [9.17, 15) is 22.8 Å². The number of benzene rings is 3. The number of carbonyl (C=O) groups excluding carboxylic acids is 3. The van der Waals surface area contributed by atoms with Crippen LogP contribution >= 0.6 is 0 Å². The number of methoxy groups -OCH3 is 2. The number of ether oxygens (including phenoxy) is 3. The molecule has 2 unspecified atom stereocenters. The fourth-order valence-electron chi connectivity index (χ4n) is 7.89. The second-order valence-electron chi connectivity index (χ2n) is 12.8. The van der Waals surface area contributed by atoms with Gasteiger partial charge in [0.05, 0.1) is 31.9 Å². The molecule has 15 heteroatoms. The highest BCUT2D eigenvalue weighted by Gasteiger charge is 2.63. The molecule has 0 saturated carbocycles. The van der Waals surface area contributed by atoms with Crippen molar-refractivity contribution in [1.82, 2.24) is 9.80 Å². The Kier molecular flexibility index (Phi) is 7.77. The van der Waals surface area contributed by atoms with E-state index in [2.05, 4.69) is 0 Å². The Morgan fingerprint density at radius 1 is 0.816 bits per heavy atom. The smallest absolute Gasteiger partial charge is 0.416 e. The number of amides is 3. The van der Waals surface area contributed by atoms with Crippen LogP contribution in [0.25, 0.3) is 0 Å². The summed E-state index contributed by atoms with van der Waals surface area (Å²) in [6, 6.07) is 21.8. The lowest BCUT2D eigenvalue weighted by Crippen LogP contribution is -2.53. The number of carbonyl (C=O) groups is 3. The van der Waals surface area contributed by atoms with E-state index in [-0.39, 0.29) is 25.3 Å². The van der Waals surface area contributed by atoms with E-state index in [0.29, 0.717) is 35.5 Å². The van der Waals surface area contributed by atoms with Crippen molar-refractivity contribution in [3.63, 3.8) is 0 Å². The summed E-state index contributed by atoms with van der Waals surface area (Å²) >= 11 is 0. The molecule has 2 fully saturated rings. The molecule has 3 amide bonds. The molecule has 3 aromatic rings. The number of hydrogen-bond donors (Lipinski definition) is 0. The molecule has 0 spiro atoms. The second-order valence-corrected chi connectivity index (χ2v) is 14.6. The highest BCUT2D eigenvalue weighted by atomic mass is 32.2. The zero-order chi connectivity index (χ0) is 34.7. The number of hydrogen-bond acceptors (Lipinski definition) is 10. The maximum absolute atomic E-state index is 13.9. The van der Waals surface area contributed by atoms with E-state index >= 15 is 0 Å². The summed E-state index contributed by atoms with van der Waals surface area (Å²) in [7, 11) is -1.41. The molecule has 14 nitrogen and oxygen atoms in total. The third kappa shape index (κ3) is 4.89. The van der Waals surface area contributed by atoms with Crippen LogP contribution in [0.3, 0.4) is 0 Å². The van der Waals surface area contributed by atoms with Gasteiger partial charge >= 0.3 is 18.3 Å². The summed E-state index contributed by atoms with van der Waals surface area (Å²) in [5, 5.41) is 9.66. The predicted molar refractivity (Wildman–Crippen MR) is 178 cm³/mol. The molecule has 7 rings (SSSR count). The first-order valence-electron chi connectivity index (χ1n) is 15.8. The average molecular weight is 689 g/mol. The van der Waals surface area contributed by atoms with Gasteiger partial charge in [-0.3, -0.25) is 14.7 Å². The van der Waals surface area contributed by atoms with Crippen molar-refractivity contribution in [3.05, 3.63) is 89.5 Å². The number of nitrogens with zero attached hydrogens (tertiary/aromatic N) is 6. The minimum Gasteiger partial charge on any atom is -0.453 e. The molecular weight excluding hydrogens is 652 g/mol. The van der Waals surface area contributed by atoms with Gasteiger partial charge in [0.1, 0.15) is 30.2 Å². The maximum Gasteiger partial charge on any atom is 0.416 e. The highest BCUT2D eigenvalue weighted by Crippen LogP contribution is 2.58. The van der Waals surface area contributed by atoms with Gasteiger partial charge in [0, 0.05) is 30.5 Å². The molecular formula is C34H36N6O8S. The summed E-state index contributed by atoms with van der Waals surface area (Å²) in [5.41, 5.74) is 1.25. The van der Waals surface area contributed by atoms with Crippen LogP contribution in [0.2, 0.25) is 0 Å². The van der Waals surface area contributed by atoms with Gasteiger partial charge in [-0.05, 0) is 29.7 Å². The zero-order valence-corrected chi connectivity index (χ0v) is 28.3. The Hall–Kier alpha value is -5.18. The predicted octanol–water partition coefficient (Wildman–Crippen LogP) is 5.46. The SMILES string of the molecule is COC(=O)N1CC[C@]2(N=Nc3cccc4c3N(S(C)(=O)=O)C3N(C(=O)OC)CC[C@]43C)c3ccccc3N(C(=O)OCc3ccccc3)C12. The van der Waals surface area contributed by atoms with Crippen LogP contribution in [0, 0.1) is 0 Å². The van der Waals surface area contributed by atoms with Crippen molar-refractivity contribution in [2.24, 2.45) is 10.2 Å². The maximum atomic E-state index is 13.9. The normalized spacial score (nSPS) is 25.2. The van der Waals surface area contributed by atoms with Crippen LogP contribution < -0.4 is 9.21 Å². The first-order valence-corrected chi connectivity index (χ1v) is 17.7. The van der Waals surface area contributed by atoms with Crippen LogP contribution in [0.1, 0.15) is 36.5 Å². The molecule has 4 aliphatic rings. The Balaban J connectivity index is 1.33. The molecule has 4 heterocycles. The minimum atomic E-state index is -3.94. The summed E-state index contributed by atoms with van der Waals surface area (Å²) in [5.74, 6) is 0. The van der Waals surface area contributed by atoms with E-state index in [1.165, 1.54) is 33.2 Å². The van der Waals surface area contributed by atoms with Gasteiger partial charge in [-0.15, -0.1) is 0 Å². The van der Waals surface area contributed by atoms with Crippen LogP contribution in [-0.2, 0) is 41.8 Å². The molecule has 0 bridgehead atoms. The average Bonchev–Trinajstić information content (AvgIpc) is 3.80. The van der Waals surface area contributed by atoms with Gasteiger partial charge in [0.25, 0.3) is 0 Å². The molecule has 2 saturated heterocycles. The number of azo groups is 1. The van der Waals surface area contributed by atoms with Crippen molar-refractivity contribution in [3.8, 4) is 0 Å². The van der Waals surface area contributed by atoms with Gasteiger partial charge in [-0.25, -0.2) is 27.1 Å². The Labute approximate surface area is 283 Å². The quantitative estimate of drug-likeness (QED) is 0.254. The molecule has 4 aliphatic heterocycles. The van der Waals surface area contributed by atoms with Gasteiger partial charge in [0.15, 0.2) is 0 Å². The van der Waals surface area contributed by atoms with E-state index < -0.39 is 51.6 Å². The Bertz CT molecular complexity index is 1980. The van der Waals surface area contributed by atoms with Crippen molar-refractivity contribution in [1.29, 1.82) is 0 Å². The van der Waals surface area contributed by atoms with Crippen molar-refractivity contribution in [2.45, 2.75) is 49.7 Å². The fraction of sp³-hybridized carbons (Fsp3) is 0.382. The zero-order valence-electron chi connectivity index (χ0n) is 27.5. The van der Waals surface area contributed by atoms with Crippen molar-refractivity contribution in [2.75, 3.05) is 42.8 Å². The fourth-order valence-corrected chi connectivity index (χ4v) is 9.12.